The van der Waals surface area contributed by atoms with E-state index in [0.29, 0.717) is 23.8 Å². The molecule has 9 heteroatoms. The normalized spacial score (nSPS) is 11.9. The van der Waals surface area contributed by atoms with E-state index in [1.807, 2.05) is 23.8 Å². The van der Waals surface area contributed by atoms with Gasteiger partial charge in [0.1, 0.15) is 0 Å². The average Bonchev–Trinajstić information content (AvgIpc) is 3.36. The lowest BCUT2D eigenvalue weighted by Gasteiger charge is -2.25. The van der Waals surface area contributed by atoms with E-state index >= 15 is 0 Å². The highest BCUT2D eigenvalue weighted by Gasteiger charge is 2.20. The second-order valence-corrected chi connectivity index (χ2v) is 6.83. The Morgan fingerprint density at radius 3 is 2.89 bits per heavy atom. The van der Waals surface area contributed by atoms with E-state index in [4.69, 9.17) is 4.42 Å². The number of carbonyl (C=O) groups excluding carboxylic acids is 1. The smallest absolute Gasteiger partial charge is 0.269 e. The Kier molecular flexibility index (Phi) is 5.60. The lowest BCUT2D eigenvalue weighted by Crippen LogP contribution is -2.29. The Morgan fingerprint density at radius 2 is 2.19 bits per heavy atom. The summed E-state index contributed by atoms with van der Waals surface area (Å²) in [5, 5.41) is 22.7. The van der Waals surface area contributed by atoms with E-state index < -0.39 is 4.92 Å². The molecule has 3 rings (SSSR count). The number of benzene rings is 1. The third-order valence-corrected chi connectivity index (χ3v) is 5.01. The van der Waals surface area contributed by atoms with Gasteiger partial charge in [0.05, 0.1) is 11.0 Å². The summed E-state index contributed by atoms with van der Waals surface area (Å²) in [7, 11) is 1.68. The van der Waals surface area contributed by atoms with Gasteiger partial charge >= 0.3 is 0 Å². The van der Waals surface area contributed by atoms with E-state index in [-0.39, 0.29) is 24.1 Å². The van der Waals surface area contributed by atoms with E-state index in [1.54, 1.807) is 24.1 Å². The Balaban J connectivity index is 1.60. The minimum Gasteiger partial charge on any atom is -0.421 e. The number of aryl methyl sites for hydroxylation is 1. The molecule has 1 atom stereocenters. The maximum Gasteiger partial charge on any atom is 0.269 e. The van der Waals surface area contributed by atoms with Gasteiger partial charge in [-0.15, -0.1) is 10.2 Å². The summed E-state index contributed by atoms with van der Waals surface area (Å²) in [5.41, 5.74) is 1.58. The fraction of sp³-hybridized carbons (Fsp3) is 0.278. The van der Waals surface area contributed by atoms with Crippen molar-refractivity contribution < 1.29 is 14.1 Å². The molecule has 2 aromatic heterocycles. The van der Waals surface area contributed by atoms with E-state index in [1.165, 1.54) is 23.5 Å². The lowest BCUT2D eigenvalue weighted by molar-refractivity contribution is -0.384. The van der Waals surface area contributed by atoms with Gasteiger partial charge in [-0.1, -0.05) is 12.1 Å². The Labute approximate surface area is 159 Å². The SMILES string of the molecule is CC(c1cccc([N+](=O)[O-])c1)N(C)C(=O)CCc1nnc(-c2ccsc2)o1. The van der Waals surface area contributed by atoms with Crippen molar-refractivity contribution in [3.8, 4) is 11.5 Å². The molecule has 1 unspecified atom stereocenters. The van der Waals surface area contributed by atoms with Crippen LogP contribution >= 0.6 is 11.3 Å². The number of aromatic nitrogens is 2. The lowest BCUT2D eigenvalue weighted by atomic mass is 10.1. The van der Waals surface area contributed by atoms with Crippen LogP contribution in [0.15, 0.2) is 45.5 Å². The highest BCUT2D eigenvalue weighted by atomic mass is 32.1. The van der Waals surface area contributed by atoms with Gasteiger partial charge in [-0.05, 0) is 23.9 Å². The molecule has 0 aliphatic carbocycles. The van der Waals surface area contributed by atoms with Crippen molar-refractivity contribution in [2.75, 3.05) is 7.05 Å². The predicted molar refractivity (Wildman–Crippen MR) is 100 cm³/mol. The number of thiophene rings is 1. The standard InChI is InChI=1S/C18H18N4O4S/c1-12(13-4-3-5-15(10-13)22(24)25)21(2)17(23)7-6-16-19-20-18(26-16)14-8-9-27-11-14/h3-5,8-12H,6-7H2,1-2H3. The van der Waals surface area contributed by atoms with E-state index in [0.717, 1.165) is 5.56 Å². The number of amides is 1. The molecule has 1 amide bonds. The van der Waals surface area contributed by atoms with Crippen molar-refractivity contribution >= 4 is 22.9 Å². The number of hydrogen-bond acceptors (Lipinski definition) is 7. The zero-order valence-electron chi connectivity index (χ0n) is 14.9. The van der Waals surface area contributed by atoms with Gasteiger partial charge in [-0.2, -0.15) is 11.3 Å². The van der Waals surface area contributed by atoms with Crippen LogP contribution in [0.2, 0.25) is 0 Å². The third kappa shape index (κ3) is 4.37. The molecule has 0 spiro atoms. The number of carbonyl (C=O) groups is 1. The van der Waals surface area contributed by atoms with Crippen LogP contribution in [0.25, 0.3) is 11.5 Å². The third-order valence-electron chi connectivity index (χ3n) is 4.33. The summed E-state index contributed by atoms with van der Waals surface area (Å²) in [6.07, 6.45) is 0.545. The van der Waals surface area contributed by atoms with Crippen LogP contribution < -0.4 is 0 Å². The summed E-state index contributed by atoms with van der Waals surface area (Å²) < 4.78 is 5.58. The quantitative estimate of drug-likeness (QED) is 0.451. The number of nitrogens with zero attached hydrogens (tertiary/aromatic N) is 4. The van der Waals surface area contributed by atoms with Gasteiger partial charge < -0.3 is 9.32 Å². The summed E-state index contributed by atoms with van der Waals surface area (Å²) in [5.74, 6) is 0.738. The molecule has 0 saturated carbocycles. The summed E-state index contributed by atoms with van der Waals surface area (Å²) in [6.45, 7) is 1.83. The first kappa shape index (κ1) is 18.7. The van der Waals surface area contributed by atoms with Crippen LogP contribution in [-0.4, -0.2) is 33.0 Å². The number of rotatable bonds is 7. The summed E-state index contributed by atoms with van der Waals surface area (Å²) in [4.78, 5) is 24.5. The number of nitro groups is 1. The maximum absolute atomic E-state index is 12.5. The van der Waals surface area contributed by atoms with Crippen LogP contribution in [0, 0.1) is 10.1 Å². The van der Waals surface area contributed by atoms with Gasteiger partial charge in [-0.3, -0.25) is 14.9 Å². The molecule has 3 aromatic rings. The van der Waals surface area contributed by atoms with E-state index in [9.17, 15) is 14.9 Å². The molecule has 0 fully saturated rings. The molecule has 140 valence electrons. The van der Waals surface area contributed by atoms with Crippen molar-refractivity contribution in [2.24, 2.45) is 0 Å². The molecule has 0 aliphatic rings. The first-order valence-electron chi connectivity index (χ1n) is 8.30. The van der Waals surface area contributed by atoms with Crippen LogP contribution in [0.5, 0.6) is 0 Å². The van der Waals surface area contributed by atoms with Crippen LogP contribution in [0.1, 0.15) is 30.8 Å². The largest absolute Gasteiger partial charge is 0.421 e. The van der Waals surface area contributed by atoms with Crippen LogP contribution in [0.4, 0.5) is 5.69 Å². The molecule has 0 radical (unpaired) electrons. The number of non-ortho nitro benzene ring substituents is 1. The van der Waals surface area contributed by atoms with Crippen molar-refractivity contribution in [1.82, 2.24) is 15.1 Å². The second-order valence-electron chi connectivity index (χ2n) is 6.05. The minimum atomic E-state index is -0.446. The van der Waals surface area contributed by atoms with Crippen molar-refractivity contribution in [2.45, 2.75) is 25.8 Å². The molecular formula is C18H18N4O4S. The molecule has 0 bridgehead atoms. The van der Waals surface area contributed by atoms with Gasteiger partial charge in [0.15, 0.2) is 0 Å². The summed E-state index contributed by atoms with van der Waals surface area (Å²) in [6, 6.07) is 7.90. The fourth-order valence-electron chi connectivity index (χ4n) is 2.59. The van der Waals surface area contributed by atoms with Crippen molar-refractivity contribution in [3.05, 3.63) is 62.7 Å². The monoisotopic (exact) mass is 386 g/mol. The molecule has 0 N–H and O–H groups in total. The topological polar surface area (TPSA) is 102 Å². The van der Waals surface area contributed by atoms with Gasteiger partial charge in [-0.25, -0.2) is 0 Å². The van der Waals surface area contributed by atoms with Crippen LogP contribution in [-0.2, 0) is 11.2 Å². The Bertz CT molecular complexity index is 939. The zero-order valence-corrected chi connectivity index (χ0v) is 15.7. The highest BCUT2D eigenvalue weighted by Crippen LogP contribution is 2.24. The zero-order chi connectivity index (χ0) is 19.4. The minimum absolute atomic E-state index is 0.00650. The average molecular weight is 386 g/mol. The van der Waals surface area contributed by atoms with Crippen molar-refractivity contribution in [1.29, 1.82) is 0 Å². The molecule has 0 aliphatic heterocycles. The Hall–Kier alpha value is -3.07. The molecule has 0 saturated heterocycles. The second kappa shape index (κ2) is 8.09. The first-order valence-corrected chi connectivity index (χ1v) is 9.25. The fourth-order valence-corrected chi connectivity index (χ4v) is 3.22. The van der Waals surface area contributed by atoms with Gasteiger partial charge in [0, 0.05) is 43.0 Å². The van der Waals surface area contributed by atoms with Gasteiger partial charge in [0.2, 0.25) is 17.7 Å². The van der Waals surface area contributed by atoms with Gasteiger partial charge in [0.25, 0.3) is 5.69 Å². The van der Waals surface area contributed by atoms with E-state index in [2.05, 4.69) is 10.2 Å². The number of hydrogen-bond donors (Lipinski definition) is 0. The summed E-state index contributed by atoms with van der Waals surface area (Å²) >= 11 is 1.54. The molecule has 27 heavy (non-hydrogen) atoms. The molecular weight excluding hydrogens is 368 g/mol. The van der Waals surface area contributed by atoms with Crippen LogP contribution in [0.3, 0.4) is 0 Å². The highest BCUT2D eigenvalue weighted by molar-refractivity contribution is 7.08. The molecule has 1 aromatic carbocycles. The number of nitro benzene ring substituents is 1. The van der Waals surface area contributed by atoms with Crippen molar-refractivity contribution in [3.63, 3.8) is 0 Å². The predicted octanol–water partition coefficient (Wildman–Crippen LogP) is 3.86. The Morgan fingerprint density at radius 1 is 1.37 bits per heavy atom. The molecule has 2 heterocycles. The maximum atomic E-state index is 12.5. The first-order chi connectivity index (χ1) is 13.0. The molecule has 8 nitrogen and oxygen atoms in total.